The largest absolute Gasteiger partial charge is 0.334 e. The molecule has 0 unspecified atom stereocenters. The molecule has 0 saturated carbocycles. The molecule has 1 aliphatic heterocycles. The molecule has 2 aromatic carbocycles. The number of nitrogens with zero attached hydrogens (tertiary/aromatic N) is 1. The lowest BCUT2D eigenvalue weighted by atomic mass is 9.99. The summed E-state index contributed by atoms with van der Waals surface area (Å²) in [4.78, 5) is 14.4. The number of benzene rings is 2. The Labute approximate surface area is 150 Å². The molecule has 0 radical (unpaired) electrons. The molecule has 5 nitrogen and oxygen atoms in total. The van der Waals surface area contributed by atoms with Gasteiger partial charge in [-0.15, -0.1) is 0 Å². The van der Waals surface area contributed by atoms with Gasteiger partial charge in [0.05, 0.1) is 15.5 Å². The van der Waals surface area contributed by atoms with Crippen LogP contribution in [0.3, 0.4) is 0 Å². The lowest BCUT2D eigenvalue weighted by molar-refractivity contribution is 0.0735. The Morgan fingerprint density at radius 2 is 1.83 bits per heavy atom. The number of sulfonamides is 1. The topological polar surface area (TPSA) is 80.5 Å². The van der Waals surface area contributed by atoms with E-state index in [1.807, 2.05) is 0 Å². The van der Waals surface area contributed by atoms with Gasteiger partial charge in [-0.3, -0.25) is 4.79 Å². The van der Waals surface area contributed by atoms with Crippen molar-refractivity contribution < 1.29 is 13.2 Å². The molecule has 126 valence electrons. The number of primary sulfonamides is 1. The van der Waals surface area contributed by atoms with Gasteiger partial charge in [0.1, 0.15) is 0 Å². The maximum Gasteiger partial charge on any atom is 0.255 e. The summed E-state index contributed by atoms with van der Waals surface area (Å²) in [5.74, 6) is -0.219. The number of hydrogen-bond donors (Lipinski definition) is 1. The summed E-state index contributed by atoms with van der Waals surface area (Å²) >= 11 is 12.0. The molecule has 2 N–H and O–H groups in total. The number of rotatable bonds is 2. The quantitative estimate of drug-likeness (QED) is 0.863. The van der Waals surface area contributed by atoms with Crippen LogP contribution in [0.5, 0.6) is 0 Å². The standard InChI is InChI=1S/C16H14Cl2N2O3S/c17-12-2-4-14(15(18)8-12)16(21)20-6-5-10-1-3-13(24(19,22)23)7-11(10)9-20/h1-4,7-8H,5-6,9H2,(H2,19,22,23). The molecule has 24 heavy (non-hydrogen) atoms. The molecule has 0 spiro atoms. The van der Waals surface area contributed by atoms with E-state index < -0.39 is 10.0 Å². The maximum atomic E-state index is 12.7. The van der Waals surface area contributed by atoms with Crippen LogP contribution in [0.15, 0.2) is 41.3 Å². The van der Waals surface area contributed by atoms with Crippen LogP contribution in [-0.2, 0) is 23.0 Å². The zero-order chi connectivity index (χ0) is 17.5. The Balaban J connectivity index is 1.90. The fourth-order valence-corrected chi connectivity index (χ4v) is 3.77. The van der Waals surface area contributed by atoms with Crippen LogP contribution >= 0.6 is 23.2 Å². The van der Waals surface area contributed by atoms with E-state index in [1.54, 1.807) is 23.1 Å². The SMILES string of the molecule is NS(=O)(=O)c1ccc2c(c1)CN(C(=O)c1ccc(Cl)cc1Cl)CC2. The van der Waals surface area contributed by atoms with Crippen LogP contribution in [0.4, 0.5) is 0 Å². The van der Waals surface area contributed by atoms with Gasteiger partial charge in [-0.25, -0.2) is 13.6 Å². The minimum atomic E-state index is -3.78. The van der Waals surface area contributed by atoms with E-state index in [9.17, 15) is 13.2 Å². The minimum Gasteiger partial charge on any atom is -0.334 e. The Kier molecular flexibility index (Phi) is 4.57. The summed E-state index contributed by atoms with van der Waals surface area (Å²) in [6.45, 7) is 0.829. The summed E-state index contributed by atoms with van der Waals surface area (Å²) in [6.07, 6.45) is 0.636. The summed E-state index contributed by atoms with van der Waals surface area (Å²) < 4.78 is 23.0. The molecule has 0 fully saturated rings. The molecule has 0 atom stereocenters. The molecule has 1 heterocycles. The number of nitrogens with two attached hydrogens (primary N) is 1. The average Bonchev–Trinajstić information content (AvgIpc) is 2.52. The first-order valence-corrected chi connectivity index (χ1v) is 9.45. The van der Waals surface area contributed by atoms with E-state index in [1.165, 1.54) is 18.2 Å². The van der Waals surface area contributed by atoms with Gasteiger partial charge in [0.25, 0.3) is 5.91 Å². The van der Waals surface area contributed by atoms with Gasteiger partial charge in [-0.1, -0.05) is 29.3 Å². The monoisotopic (exact) mass is 384 g/mol. The van der Waals surface area contributed by atoms with Crippen LogP contribution < -0.4 is 5.14 Å². The van der Waals surface area contributed by atoms with Crippen molar-refractivity contribution in [1.82, 2.24) is 4.90 Å². The highest BCUT2D eigenvalue weighted by molar-refractivity contribution is 7.89. The highest BCUT2D eigenvalue weighted by Crippen LogP contribution is 2.26. The molecule has 0 aliphatic carbocycles. The average molecular weight is 385 g/mol. The second-order valence-electron chi connectivity index (χ2n) is 5.58. The number of carbonyl (C=O) groups excluding carboxylic acids is 1. The lowest BCUT2D eigenvalue weighted by Crippen LogP contribution is -2.36. The maximum absolute atomic E-state index is 12.7. The second kappa shape index (κ2) is 6.37. The highest BCUT2D eigenvalue weighted by Gasteiger charge is 2.24. The third-order valence-corrected chi connectivity index (χ3v) is 5.43. The molecule has 1 amide bonds. The van der Waals surface area contributed by atoms with Crippen molar-refractivity contribution in [2.24, 2.45) is 5.14 Å². The number of amides is 1. The van der Waals surface area contributed by atoms with Gasteiger partial charge in [0.2, 0.25) is 10.0 Å². The number of carbonyl (C=O) groups is 1. The van der Waals surface area contributed by atoms with Crippen LogP contribution in [0.1, 0.15) is 21.5 Å². The van der Waals surface area contributed by atoms with Crippen molar-refractivity contribution in [1.29, 1.82) is 0 Å². The van der Waals surface area contributed by atoms with Crippen molar-refractivity contribution in [3.8, 4) is 0 Å². The van der Waals surface area contributed by atoms with Gasteiger partial charge >= 0.3 is 0 Å². The van der Waals surface area contributed by atoms with E-state index in [0.717, 1.165) is 11.1 Å². The summed E-state index contributed by atoms with van der Waals surface area (Å²) in [5.41, 5.74) is 2.15. The van der Waals surface area contributed by atoms with Crippen LogP contribution in [0.2, 0.25) is 10.0 Å². The Morgan fingerprint density at radius 1 is 1.08 bits per heavy atom. The summed E-state index contributed by atoms with van der Waals surface area (Å²) in [5, 5.41) is 5.92. The van der Waals surface area contributed by atoms with Crippen molar-refractivity contribution in [2.75, 3.05) is 6.54 Å². The second-order valence-corrected chi connectivity index (χ2v) is 7.98. The number of fused-ring (bicyclic) bond motifs is 1. The molecule has 0 bridgehead atoms. The molecular formula is C16H14Cl2N2O3S. The van der Waals surface area contributed by atoms with E-state index in [4.69, 9.17) is 28.3 Å². The first-order chi connectivity index (χ1) is 11.3. The van der Waals surface area contributed by atoms with Crippen molar-refractivity contribution >= 4 is 39.1 Å². The lowest BCUT2D eigenvalue weighted by Gasteiger charge is -2.29. The Morgan fingerprint density at radius 3 is 2.50 bits per heavy atom. The van der Waals surface area contributed by atoms with E-state index in [0.29, 0.717) is 30.1 Å². The van der Waals surface area contributed by atoms with E-state index >= 15 is 0 Å². The highest BCUT2D eigenvalue weighted by atomic mass is 35.5. The normalized spacial score (nSPS) is 14.4. The summed E-state index contributed by atoms with van der Waals surface area (Å²) in [7, 11) is -3.78. The van der Waals surface area contributed by atoms with Crippen LogP contribution in [0.25, 0.3) is 0 Å². The van der Waals surface area contributed by atoms with Gasteiger partial charge < -0.3 is 4.90 Å². The van der Waals surface area contributed by atoms with Crippen molar-refractivity contribution in [2.45, 2.75) is 17.9 Å². The zero-order valence-electron chi connectivity index (χ0n) is 12.5. The zero-order valence-corrected chi connectivity index (χ0v) is 14.8. The van der Waals surface area contributed by atoms with Gasteiger partial charge in [-0.2, -0.15) is 0 Å². The summed E-state index contributed by atoms with van der Waals surface area (Å²) in [6, 6.07) is 9.47. The molecular weight excluding hydrogens is 371 g/mol. The van der Waals surface area contributed by atoms with Gasteiger partial charge in [-0.05, 0) is 47.9 Å². The van der Waals surface area contributed by atoms with E-state index in [2.05, 4.69) is 0 Å². The fourth-order valence-electron chi connectivity index (χ4n) is 2.72. The predicted molar refractivity (Wildman–Crippen MR) is 92.7 cm³/mol. The van der Waals surface area contributed by atoms with Crippen LogP contribution in [-0.4, -0.2) is 25.8 Å². The molecule has 2 aromatic rings. The van der Waals surface area contributed by atoms with Crippen LogP contribution in [0, 0.1) is 0 Å². The predicted octanol–water partition coefficient (Wildman–Crippen LogP) is 2.84. The van der Waals surface area contributed by atoms with Gasteiger partial charge in [0, 0.05) is 18.1 Å². The Hall–Kier alpha value is -1.60. The number of halogens is 2. The fraction of sp³-hybridized carbons (Fsp3) is 0.188. The molecule has 0 saturated heterocycles. The first-order valence-electron chi connectivity index (χ1n) is 7.14. The molecule has 8 heteroatoms. The number of hydrogen-bond acceptors (Lipinski definition) is 3. The minimum absolute atomic E-state index is 0.0417. The molecule has 3 rings (SSSR count). The third-order valence-electron chi connectivity index (χ3n) is 3.97. The van der Waals surface area contributed by atoms with Crippen molar-refractivity contribution in [3.63, 3.8) is 0 Å². The third kappa shape index (κ3) is 3.42. The Bertz CT molecular complexity index is 929. The molecule has 1 aliphatic rings. The molecule has 0 aromatic heterocycles. The smallest absolute Gasteiger partial charge is 0.255 e. The van der Waals surface area contributed by atoms with E-state index in [-0.39, 0.29) is 15.8 Å². The van der Waals surface area contributed by atoms with Gasteiger partial charge in [0.15, 0.2) is 0 Å². The first kappa shape index (κ1) is 17.2. The van der Waals surface area contributed by atoms with Crippen molar-refractivity contribution in [3.05, 3.63) is 63.1 Å².